The maximum absolute atomic E-state index is 3.47. The third-order valence-electron chi connectivity index (χ3n) is 3.71. The topological polar surface area (TPSA) is 15.3 Å². The van der Waals surface area contributed by atoms with Crippen LogP contribution < -0.4 is 5.32 Å². The van der Waals surface area contributed by atoms with Gasteiger partial charge in [-0.1, -0.05) is 12.8 Å². The molecule has 1 N–H and O–H groups in total. The molecule has 2 unspecified atom stereocenters. The predicted octanol–water partition coefficient (Wildman–Crippen LogP) is 1.61. The first-order chi connectivity index (χ1) is 6.42. The molecule has 0 spiro atoms. The fourth-order valence-corrected chi connectivity index (χ4v) is 2.96. The standard InChI is InChI=1S/C11H22N2/c1-12-10-6-5-7-11(10)13-8-3-2-4-9-13/h10-12H,2-9H2,1H3. The minimum Gasteiger partial charge on any atom is -0.315 e. The summed E-state index contributed by atoms with van der Waals surface area (Å²) in [7, 11) is 2.12. The van der Waals surface area contributed by atoms with Crippen LogP contribution in [0.4, 0.5) is 0 Å². The molecular formula is C11H22N2. The Morgan fingerprint density at radius 3 is 2.46 bits per heavy atom. The first-order valence-corrected chi connectivity index (χ1v) is 5.83. The molecule has 76 valence electrons. The summed E-state index contributed by atoms with van der Waals surface area (Å²) in [5.41, 5.74) is 0. The Hall–Kier alpha value is -0.0800. The van der Waals surface area contributed by atoms with Gasteiger partial charge in [-0.25, -0.2) is 0 Å². The molecule has 0 bridgehead atoms. The van der Waals surface area contributed by atoms with Gasteiger partial charge in [0.2, 0.25) is 0 Å². The molecule has 0 amide bonds. The van der Waals surface area contributed by atoms with E-state index in [2.05, 4.69) is 17.3 Å². The number of likely N-dealkylation sites (tertiary alicyclic amines) is 1. The zero-order valence-corrected chi connectivity index (χ0v) is 8.76. The zero-order valence-electron chi connectivity index (χ0n) is 8.76. The first kappa shape index (κ1) is 9.47. The molecule has 1 aliphatic carbocycles. The minimum atomic E-state index is 0.776. The van der Waals surface area contributed by atoms with Crippen molar-refractivity contribution in [2.45, 2.75) is 50.6 Å². The Balaban J connectivity index is 1.90. The molecule has 2 heteroatoms. The summed E-state index contributed by atoms with van der Waals surface area (Å²) in [6, 6.07) is 1.63. The van der Waals surface area contributed by atoms with Crippen molar-refractivity contribution >= 4 is 0 Å². The molecule has 13 heavy (non-hydrogen) atoms. The Morgan fingerprint density at radius 2 is 1.77 bits per heavy atom. The molecule has 2 rings (SSSR count). The number of nitrogens with zero attached hydrogens (tertiary/aromatic N) is 1. The lowest BCUT2D eigenvalue weighted by atomic mass is 10.1. The van der Waals surface area contributed by atoms with Crippen LogP contribution in [-0.2, 0) is 0 Å². The van der Waals surface area contributed by atoms with Crippen LogP contribution in [0.2, 0.25) is 0 Å². The molecule has 0 aromatic carbocycles. The summed E-state index contributed by atoms with van der Waals surface area (Å²) in [5, 5.41) is 3.47. The van der Waals surface area contributed by atoms with Crippen LogP contribution in [0.15, 0.2) is 0 Å². The van der Waals surface area contributed by atoms with E-state index in [1.165, 1.54) is 51.6 Å². The van der Waals surface area contributed by atoms with Crippen molar-refractivity contribution in [1.82, 2.24) is 10.2 Å². The highest BCUT2D eigenvalue weighted by molar-refractivity contribution is 4.90. The largest absolute Gasteiger partial charge is 0.315 e. The lowest BCUT2D eigenvalue weighted by Crippen LogP contribution is -2.47. The van der Waals surface area contributed by atoms with Crippen LogP contribution in [0, 0.1) is 0 Å². The summed E-state index contributed by atoms with van der Waals surface area (Å²) in [5.74, 6) is 0. The van der Waals surface area contributed by atoms with Crippen molar-refractivity contribution in [3.05, 3.63) is 0 Å². The van der Waals surface area contributed by atoms with Crippen molar-refractivity contribution < 1.29 is 0 Å². The van der Waals surface area contributed by atoms with Crippen LogP contribution in [-0.4, -0.2) is 37.1 Å². The van der Waals surface area contributed by atoms with E-state index in [9.17, 15) is 0 Å². The number of hydrogen-bond acceptors (Lipinski definition) is 2. The van der Waals surface area contributed by atoms with Crippen LogP contribution in [0.25, 0.3) is 0 Å². The maximum atomic E-state index is 3.47. The number of rotatable bonds is 2. The van der Waals surface area contributed by atoms with E-state index >= 15 is 0 Å². The summed E-state index contributed by atoms with van der Waals surface area (Å²) in [4.78, 5) is 2.72. The molecule has 0 radical (unpaired) electrons. The van der Waals surface area contributed by atoms with Crippen LogP contribution in [0.3, 0.4) is 0 Å². The molecule has 2 atom stereocenters. The molecule has 1 aliphatic heterocycles. The Kier molecular flexibility index (Phi) is 3.23. The highest BCUT2D eigenvalue weighted by Crippen LogP contribution is 2.26. The minimum absolute atomic E-state index is 0.776. The zero-order chi connectivity index (χ0) is 9.10. The fourth-order valence-electron chi connectivity index (χ4n) is 2.96. The van der Waals surface area contributed by atoms with E-state index in [1.807, 2.05) is 0 Å². The van der Waals surface area contributed by atoms with Gasteiger partial charge in [0.25, 0.3) is 0 Å². The van der Waals surface area contributed by atoms with Gasteiger partial charge in [-0.2, -0.15) is 0 Å². The normalized spacial score (nSPS) is 36.7. The van der Waals surface area contributed by atoms with Crippen molar-refractivity contribution in [2.24, 2.45) is 0 Å². The number of likely N-dealkylation sites (N-methyl/N-ethyl adjacent to an activating group) is 1. The third-order valence-corrected chi connectivity index (χ3v) is 3.71. The Bertz CT molecular complexity index is 152. The SMILES string of the molecule is CNC1CCCC1N1CCCCC1. The van der Waals surface area contributed by atoms with Crippen molar-refractivity contribution in [3.63, 3.8) is 0 Å². The molecule has 0 aromatic heterocycles. The number of piperidine rings is 1. The van der Waals surface area contributed by atoms with Gasteiger partial charge in [0, 0.05) is 12.1 Å². The first-order valence-electron chi connectivity index (χ1n) is 5.83. The Morgan fingerprint density at radius 1 is 1.00 bits per heavy atom. The van der Waals surface area contributed by atoms with E-state index in [1.54, 1.807) is 0 Å². The van der Waals surface area contributed by atoms with E-state index in [0.717, 1.165) is 12.1 Å². The lowest BCUT2D eigenvalue weighted by Gasteiger charge is -2.35. The molecule has 2 nitrogen and oxygen atoms in total. The monoisotopic (exact) mass is 182 g/mol. The van der Waals surface area contributed by atoms with Gasteiger partial charge in [-0.05, 0) is 45.8 Å². The van der Waals surface area contributed by atoms with Crippen LogP contribution in [0.5, 0.6) is 0 Å². The quantitative estimate of drug-likeness (QED) is 0.698. The molecule has 1 saturated carbocycles. The summed E-state index contributed by atoms with van der Waals surface area (Å²) in [6.07, 6.45) is 8.53. The van der Waals surface area contributed by atoms with Gasteiger partial charge < -0.3 is 5.32 Å². The highest BCUT2D eigenvalue weighted by atomic mass is 15.2. The third kappa shape index (κ3) is 2.05. The van der Waals surface area contributed by atoms with Gasteiger partial charge in [-0.15, -0.1) is 0 Å². The molecule has 2 aliphatic rings. The average Bonchev–Trinajstić information content (AvgIpc) is 2.67. The smallest absolute Gasteiger partial charge is 0.0249 e. The molecular weight excluding hydrogens is 160 g/mol. The highest BCUT2D eigenvalue weighted by Gasteiger charge is 2.31. The van der Waals surface area contributed by atoms with Gasteiger partial charge in [-0.3, -0.25) is 4.90 Å². The molecule has 0 aromatic rings. The number of nitrogens with one attached hydrogen (secondary N) is 1. The second kappa shape index (κ2) is 4.43. The number of hydrogen-bond donors (Lipinski definition) is 1. The molecule has 1 saturated heterocycles. The second-order valence-corrected chi connectivity index (χ2v) is 4.49. The Labute approximate surface area is 81.7 Å². The van der Waals surface area contributed by atoms with E-state index in [0.29, 0.717) is 0 Å². The van der Waals surface area contributed by atoms with E-state index in [-0.39, 0.29) is 0 Å². The van der Waals surface area contributed by atoms with Crippen molar-refractivity contribution in [3.8, 4) is 0 Å². The van der Waals surface area contributed by atoms with Crippen LogP contribution >= 0.6 is 0 Å². The lowest BCUT2D eigenvalue weighted by molar-refractivity contribution is 0.146. The summed E-state index contributed by atoms with van der Waals surface area (Å²) < 4.78 is 0. The van der Waals surface area contributed by atoms with Crippen molar-refractivity contribution in [1.29, 1.82) is 0 Å². The van der Waals surface area contributed by atoms with Gasteiger partial charge in [0.1, 0.15) is 0 Å². The molecule has 1 heterocycles. The van der Waals surface area contributed by atoms with Gasteiger partial charge >= 0.3 is 0 Å². The van der Waals surface area contributed by atoms with Crippen LogP contribution in [0.1, 0.15) is 38.5 Å². The summed E-state index contributed by atoms with van der Waals surface area (Å²) in [6.45, 7) is 2.70. The summed E-state index contributed by atoms with van der Waals surface area (Å²) >= 11 is 0. The van der Waals surface area contributed by atoms with Gasteiger partial charge in [0.05, 0.1) is 0 Å². The van der Waals surface area contributed by atoms with E-state index < -0.39 is 0 Å². The maximum Gasteiger partial charge on any atom is 0.0249 e. The average molecular weight is 182 g/mol. The second-order valence-electron chi connectivity index (χ2n) is 4.49. The predicted molar refractivity (Wildman–Crippen MR) is 55.9 cm³/mol. The fraction of sp³-hybridized carbons (Fsp3) is 1.00. The van der Waals surface area contributed by atoms with Gasteiger partial charge in [0.15, 0.2) is 0 Å². The molecule has 2 fully saturated rings. The van der Waals surface area contributed by atoms with Crippen molar-refractivity contribution in [2.75, 3.05) is 20.1 Å². The van der Waals surface area contributed by atoms with E-state index in [4.69, 9.17) is 0 Å².